The molecule has 3 heterocycles. The molecule has 0 aliphatic carbocycles. The van der Waals surface area contributed by atoms with Crippen LogP contribution in [0.15, 0.2) is 11.1 Å². The van der Waals surface area contributed by atoms with E-state index in [1.54, 1.807) is 22.5 Å². The molecule has 0 radical (unpaired) electrons. The summed E-state index contributed by atoms with van der Waals surface area (Å²) in [4.78, 5) is 18.4. The Morgan fingerprint density at radius 1 is 1.70 bits per heavy atom. The molecule has 0 spiro atoms. The summed E-state index contributed by atoms with van der Waals surface area (Å²) < 4.78 is 8.82. The minimum atomic E-state index is -0.757. The Morgan fingerprint density at radius 3 is 3.10 bits per heavy atom. The molecule has 1 saturated heterocycles. The molecule has 2 aromatic rings. The quantitative estimate of drug-likeness (QED) is 0.461. The molecular weight excluding hydrogens is 266 g/mol. The topological polar surface area (TPSA) is 130 Å². The number of aromatic amines is 1. The summed E-state index contributed by atoms with van der Waals surface area (Å²) in [6.07, 6.45) is 0.0705. The van der Waals surface area contributed by atoms with Crippen molar-refractivity contribution in [1.29, 1.82) is 0 Å². The van der Waals surface area contributed by atoms with Crippen molar-refractivity contribution in [3.05, 3.63) is 16.7 Å². The molecule has 0 bridgehead atoms. The number of nitrogens with two attached hydrogens (primary N) is 1. The van der Waals surface area contributed by atoms with Gasteiger partial charge in [-0.2, -0.15) is 9.55 Å². The van der Waals surface area contributed by atoms with Crippen molar-refractivity contribution in [2.45, 2.75) is 24.9 Å². The van der Waals surface area contributed by atoms with Gasteiger partial charge in [-0.15, -0.1) is 0 Å². The number of rotatable bonds is 2. The third-order valence-corrected chi connectivity index (χ3v) is 3.48. The molecule has 1 fully saturated rings. The minimum Gasteiger partial charge on any atom is -0.394 e. The van der Waals surface area contributed by atoms with E-state index in [9.17, 15) is 9.90 Å². The number of aliphatic hydroxyl groups excluding tert-OH is 2. The summed E-state index contributed by atoms with van der Waals surface area (Å²) in [6, 6.07) is 0. The number of nitrogens with zero attached hydrogens (tertiary/aromatic N) is 3. The lowest BCUT2D eigenvalue weighted by Crippen LogP contribution is -2.31. The maximum Gasteiger partial charge on any atom is 0.304 e. The molecule has 0 unspecified atom stereocenters. The predicted octanol–water partition coefficient (Wildman–Crippen LogP) is -2.23. The molecule has 0 aromatic carbocycles. The molecule has 9 heteroatoms. The number of nitrogen functional groups attached to an aromatic ring is 1. The number of anilines is 1. The van der Waals surface area contributed by atoms with Crippen molar-refractivity contribution in [1.82, 2.24) is 14.5 Å². The number of H-pyrrole nitrogens is 1. The van der Waals surface area contributed by atoms with Gasteiger partial charge < -0.3 is 20.7 Å². The summed E-state index contributed by atoms with van der Waals surface area (Å²) in [7, 11) is 1.71. The number of aliphatic hydroxyl groups is 2. The van der Waals surface area contributed by atoms with Gasteiger partial charge in [-0.05, 0) is 0 Å². The molecule has 0 saturated carbocycles. The zero-order chi connectivity index (χ0) is 14.4. The van der Waals surface area contributed by atoms with Crippen LogP contribution in [0.4, 0.5) is 5.95 Å². The Morgan fingerprint density at radius 2 is 2.45 bits per heavy atom. The lowest BCUT2D eigenvalue weighted by atomic mass is 10.2. The summed E-state index contributed by atoms with van der Waals surface area (Å²) >= 11 is 0. The number of imidazole rings is 1. The van der Waals surface area contributed by atoms with Crippen LogP contribution in [0.25, 0.3) is 11.2 Å². The predicted molar refractivity (Wildman–Crippen MR) is 67.6 cm³/mol. The largest absolute Gasteiger partial charge is 0.394 e. The van der Waals surface area contributed by atoms with Gasteiger partial charge in [0.1, 0.15) is 6.10 Å². The van der Waals surface area contributed by atoms with Crippen LogP contribution >= 0.6 is 0 Å². The number of fused-ring (bicyclic) bond motifs is 1. The first-order chi connectivity index (χ1) is 9.51. The molecular formula is C11H16N5O4+. The third kappa shape index (κ3) is 1.87. The number of hydrogen-bond acceptors (Lipinski definition) is 6. The minimum absolute atomic E-state index is 0.0136. The molecule has 2 aromatic heterocycles. The lowest BCUT2D eigenvalue weighted by Gasteiger charge is -2.09. The van der Waals surface area contributed by atoms with E-state index in [4.69, 9.17) is 15.6 Å². The van der Waals surface area contributed by atoms with Gasteiger partial charge >= 0.3 is 5.56 Å². The van der Waals surface area contributed by atoms with E-state index in [1.165, 1.54) is 0 Å². The van der Waals surface area contributed by atoms with Crippen molar-refractivity contribution in [3.63, 3.8) is 0 Å². The molecule has 20 heavy (non-hydrogen) atoms. The van der Waals surface area contributed by atoms with Crippen molar-refractivity contribution in [2.24, 2.45) is 7.05 Å². The Balaban J connectivity index is 2.11. The summed E-state index contributed by atoms with van der Waals surface area (Å²) in [5, 5.41) is 18.9. The number of aromatic nitrogens is 4. The van der Waals surface area contributed by atoms with Crippen molar-refractivity contribution >= 4 is 17.1 Å². The molecule has 5 N–H and O–H groups in total. The molecule has 3 rings (SSSR count). The highest BCUT2D eigenvalue weighted by atomic mass is 16.5. The number of nitrogens with one attached hydrogen (secondary N) is 1. The second-order valence-corrected chi connectivity index (χ2v) is 4.87. The van der Waals surface area contributed by atoms with Crippen LogP contribution in [0.2, 0.25) is 0 Å². The molecule has 1 aliphatic rings. The van der Waals surface area contributed by atoms with Gasteiger partial charge in [0.2, 0.25) is 18.5 Å². The zero-order valence-corrected chi connectivity index (χ0v) is 10.9. The Kier molecular flexibility index (Phi) is 2.96. The molecule has 1 aliphatic heterocycles. The number of hydrogen-bond donors (Lipinski definition) is 4. The van der Waals surface area contributed by atoms with E-state index >= 15 is 0 Å². The maximum atomic E-state index is 11.9. The Bertz CT molecular complexity index is 709. The van der Waals surface area contributed by atoms with Crippen LogP contribution in [0.5, 0.6) is 0 Å². The number of ether oxygens (including phenoxy) is 1. The monoisotopic (exact) mass is 282 g/mol. The smallest absolute Gasteiger partial charge is 0.304 e. The number of aryl methyl sites for hydroxylation is 1. The fourth-order valence-corrected chi connectivity index (χ4v) is 2.53. The fourth-order valence-electron chi connectivity index (χ4n) is 2.53. The highest BCUT2D eigenvalue weighted by molar-refractivity contribution is 5.66. The summed E-state index contributed by atoms with van der Waals surface area (Å²) in [6.45, 7) is -0.265. The van der Waals surface area contributed by atoms with Crippen LogP contribution in [-0.4, -0.2) is 43.6 Å². The van der Waals surface area contributed by atoms with Crippen LogP contribution in [-0.2, 0) is 11.8 Å². The van der Waals surface area contributed by atoms with Crippen molar-refractivity contribution < 1.29 is 19.5 Å². The first kappa shape index (κ1) is 13.0. The van der Waals surface area contributed by atoms with Gasteiger partial charge in [-0.1, -0.05) is 0 Å². The Hall–Kier alpha value is -1.97. The molecule has 3 atom stereocenters. The van der Waals surface area contributed by atoms with Crippen molar-refractivity contribution in [2.75, 3.05) is 12.3 Å². The molecule has 9 nitrogen and oxygen atoms in total. The zero-order valence-electron chi connectivity index (χ0n) is 10.9. The normalized spacial score (nSPS) is 26.4. The highest BCUT2D eigenvalue weighted by Crippen LogP contribution is 2.29. The van der Waals surface area contributed by atoms with E-state index in [0.717, 1.165) is 0 Å². The van der Waals surface area contributed by atoms with Gasteiger partial charge in [0, 0.05) is 6.42 Å². The van der Waals surface area contributed by atoms with Crippen LogP contribution in [0.3, 0.4) is 0 Å². The Labute approximate surface area is 113 Å². The third-order valence-electron chi connectivity index (χ3n) is 3.48. The van der Waals surface area contributed by atoms with E-state index in [0.29, 0.717) is 17.6 Å². The van der Waals surface area contributed by atoms with Crippen LogP contribution < -0.4 is 15.9 Å². The van der Waals surface area contributed by atoms with Gasteiger partial charge in [-0.3, -0.25) is 9.78 Å². The maximum absolute atomic E-state index is 11.9. The second-order valence-electron chi connectivity index (χ2n) is 4.87. The van der Waals surface area contributed by atoms with Gasteiger partial charge in [0.15, 0.2) is 0 Å². The summed E-state index contributed by atoms with van der Waals surface area (Å²) in [5.74, 6) is 0.0136. The highest BCUT2D eigenvalue weighted by Gasteiger charge is 2.39. The van der Waals surface area contributed by atoms with Crippen LogP contribution in [0, 0.1) is 0 Å². The lowest BCUT2D eigenvalue weighted by molar-refractivity contribution is -0.646. The SMILES string of the molecule is C[n+]1cn([C@H]2C[C@H](O)[C@@H](CO)O2)c2nc(N)[nH]c(=O)c21. The fraction of sp³-hybridized carbons (Fsp3) is 0.545. The van der Waals surface area contributed by atoms with Crippen molar-refractivity contribution in [3.8, 4) is 0 Å². The van der Waals surface area contributed by atoms with Gasteiger partial charge in [-0.25, -0.2) is 4.57 Å². The molecule has 0 amide bonds. The van der Waals surface area contributed by atoms with Gasteiger partial charge in [0.05, 0.1) is 19.8 Å². The summed E-state index contributed by atoms with van der Waals surface area (Å²) in [5.41, 5.74) is 5.97. The average molecular weight is 282 g/mol. The average Bonchev–Trinajstić information content (AvgIpc) is 2.90. The standard InChI is InChI=1S/C11H15N5O4/c1-15-4-16(7-2-5(18)6(3-17)20-7)9-8(15)10(19)14-11(12)13-9/h4-7,17-18H,2-3H2,1H3,(H2-,12,13,14,19)/p+1/t5-,6+,7+/m0/s1. The van der Waals surface area contributed by atoms with Crippen LogP contribution in [0.1, 0.15) is 12.6 Å². The second kappa shape index (κ2) is 4.54. The first-order valence-corrected chi connectivity index (χ1v) is 6.21. The van der Waals surface area contributed by atoms with E-state index in [1.807, 2.05) is 0 Å². The van der Waals surface area contributed by atoms with E-state index in [-0.39, 0.29) is 18.1 Å². The molecule has 108 valence electrons. The first-order valence-electron chi connectivity index (χ1n) is 6.21. The van der Waals surface area contributed by atoms with Gasteiger partial charge in [0.25, 0.3) is 11.2 Å². The van der Waals surface area contributed by atoms with E-state index in [2.05, 4.69) is 9.97 Å². The van der Waals surface area contributed by atoms with E-state index < -0.39 is 18.4 Å².